The summed E-state index contributed by atoms with van der Waals surface area (Å²) in [5.74, 6) is 0.269. The summed E-state index contributed by atoms with van der Waals surface area (Å²) in [6.07, 6.45) is 3.79. The minimum Gasteiger partial charge on any atom is -0.598 e. The monoisotopic (exact) mass is 538 g/mol. The average Bonchev–Trinajstić information content (AvgIpc) is 3.65. The molecule has 1 aliphatic heterocycles. The van der Waals surface area contributed by atoms with E-state index in [2.05, 4.69) is 12.0 Å². The molecule has 0 bridgehead atoms. The van der Waals surface area contributed by atoms with Crippen molar-refractivity contribution in [2.24, 2.45) is 5.41 Å². The summed E-state index contributed by atoms with van der Waals surface area (Å²) in [5, 5.41) is 15.8. The van der Waals surface area contributed by atoms with E-state index in [9.17, 15) is 19.5 Å². The molecule has 1 atom stereocenters. The maximum Gasteiger partial charge on any atom is 0.316 e. The summed E-state index contributed by atoms with van der Waals surface area (Å²) in [7, 11) is 0. The van der Waals surface area contributed by atoms with Crippen molar-refractivity contribution in [1.82, 2.24) is 14.1 Å². The van der Waals surface area contributed by atoms with Gasteiger partial charge in [0.1, 0.15) is 5.69 Å². The number of nitrogens with zero attached hydrogens (tertiary/aromatic N) is 5. The van der Waals surface area contributed by atoms with Gasteiger partial charge in [-0.15, -0.1) is 4.31 Å². The molecule has 1 aromatic heterocycles. The molecule has 3 aromatic rings. The van der Waals surface area contributed by atoms with Gasteiger partial charge in [-0.3, -0.25) is 14.9 Å². The van der Waals surface area contributed by atoms with Gasteiger partial charge in [0.25, 0.3) is 5.69 Å². The maximum absolute atomic E-state index is 13.5. The van der Waals surface area contributed by atoms with Crippen molar-refractivity contribution in [1.29, 1.82) is 0 Å². The Kier molecular flexibility index (Phi) is 7.28. The lowest BCUT2D eigenvalue weighted by Gasteiger charge is -2.36. The molecule has 1 saturated heterocycles. The molecule has 2 heterocycles. The fourth-order valence-corrected chi connectivity index (χ4v) is 5.65. The highest BCUT2D eigenvalue weighted by molar-refractivity contribution is 7.88. The van der Waals surface area contributed by atoms with E-state index in [-0.39, 0.29) is 28.2 Å². The first-order chi connectivity index (χ1) is 18.2. The number of nitrogens with two attached hydrogens (primary N) is 1. The Bertz CT molecular complexity index is 1370. The van der Waals surface area contributed by atoms with E-state index in [0.717, 1.165) is 12.8 Å². The molecular weight excluding hydrogens is 508 g/mol. The maximum atomic E-state index is 13.5. The van der Waals surface area contributed by atoms with Crippen LogP contribution in [0, 0.1) is 15.5 Å². The van der Waals surface area contributed by atoms with Crippen LogP contribution in [0.25, 0.3) is 5.69 Å². The van der Waals surface area contributed by atoms with Gasteiger partial charge >= 0.3 is 5.56 Å². The lowest BCUT2D eigenvalue weighted by atomic mass is 10.2. The zero-order chi connectivity index (χ0) is 26.9. The molecule has 38 heavy (non-hydrogen) atoms. The second kappa shape index (κ2) is 10.6. The molecule has 2 N–H and O–H groups in total. The van der Waals surface area contributed by atoms with Crippen LogP contribution in [0.3, 0.4) is 0 Å². The summed E-state index contributed by atoms with van der Waals surface area (Å²) >= 11 is -1.48. The molecule has 1 saturated carbocycles. The lowest BCUT2D eigenvalue weighted by Crippen LogP contribution is -2.49. The fraction of sp³-hybridized carbons (Fsp3) is 0.385. The molecule has 2 aliphatic rings. The van der Waals surface area contributed by atoms with Gasteiger partial charge in [0.15, 0.2) is 5.75 Å². The van der Waals surface area contributed by atoms with Gasteiger partial charge in [-0.2, -0.15) is 9.78 Å². The Balaban J connectivity index is 1.32. The Labute approximate surface area is 223 Å². The van der Waals surface area contributed by atoms with Gasteiger partial charge in [-0.25, -0.2) is 0 Å². The molecule has 0 radical (unpaired) electrons. The van der Waals surface area contributed by atoms with Crippen LogP contribution in [0.5, 0.6) is 5.75 Å². The van der Waals surface area contributed by atoms with E-state index < -0.39 is 16.3 Å². The highest BCUT2D eigenvalue weighted by Crippen LogP contribution is 2.45. The number of anilines is 2. The molecule has 2 aromatic carbocycles. The standard InChI is InChI=1S/C26H30N6O5S/c1-26(9-10-26)18-37-24-23(16-28-31(25(24)33)21-5-3-2-4-6-21)29-11-13-30(14-12-29)38(36)17-19-15-20(27)7-8-22(19)32(34)35/h2-8,15-16H,9-14,17-18,27H2,1H3. The molecule has 11 nitrogen and oxygen atoms in total. The number of nitro groups is 1. The van der Waals surface area contributed by atoms with Crippen LogP contribution in [0.1, 0.15) is 25.3 Å². The van der Waals surface area contributed by atoms with E-state index in [0.29, 0.717) is 55.4 Å². The highest BCUT2D eigenvalue weighted by atomic mass is 32.2. The number of nitro benzene ring substituents is 1. The zero-order valence-electron chi connectivity index (χ0n) is 21.1. The number of nitrogen functional groups attached to an aromatic ring is 1. The van der Waals surface area contributed by atoms with Gasteiger partial charge < -0.3 is 19.9 Å². The number of para-hydroxylation sites is 1. The summed E-state index contributed by atoms with van der Waals surface area (Å²) < 4.78 is 22.4. The average molecular weight is 539 g/mol. The molecule has 1 aliphatic carbocycles. The Hall–Kier alpha value is -3.61. The van der Waals surface area contributed by atoms with Crippen molar-refractivity contribution in [2.45, 2.75) is 25.5 Å². The Morgan fingerprint density at radius 3 is 2.50 bits per heavy atom. The third-order valence-corrected chi connectivity index (χ3v) is 8.53. The van der Waals surface area contributed by atoms with E-state index >= 15 is 0 Å². The van der Waals surface area contributed by atoms with Crippen molar-refractivity contribution in [3.63, 3.8) is 0 Å². The van der Waals surface area contributed by atoms with E-state index in [4.69, 9.17) is 10.5 Å². The van der Waals surface area contributed by atoms with Gasteiger partial charge in [0.05, 0.1) is 42.1 Å². The minimum absolute atomic E-state index is 0.00295. The first kappa shape index (κ1) is 26.0. The van der Waals surface area contributed by atoms with Crippen LogP contribution in [0.4, 0.5) is 17.1 Å². The van der Waals surface area contributed by atoms with Crippen LogP contribution in [-0.2, 0) is 17.1 Å². The van der Waals surface area contributed by atoms with Crippen molar-refractivity contribution in [2.75, 3.05) is 43.4 Å². The number of rotatable bonds is 9. The molecule has 5 rings (SSSR count). The van der Waals surface area contributed by atoms with E-state index in [1.807, 2.05) is 35.2 Å². The molecular formula is C26H30N6O5S. The molecule has 200 valence electrons. The van der Waals surface area contributed by atoms with Gasteiger partial charge in [-0.1, -0.05) is 25.1 Å². The van der Waals surface area contributed by atoms with Gasteiger partial charge in [0, 0.05) is 41.6 Å². The molecule has 12 heteroatoms. The molecule has 1 unspecified atom stereocenters. The first-order valence-electron chi connectivity index (χ1n) is 12.5. The fourth-order valence-electron chi connectivity index (χ4n) is 4.40. The number of hydrogen-bond acceptors (Lipinski definition) is 9. The van der Waals surface area contributed by atoms with Crippen LogP contribution >= 0.6 is 0 Å². The summed E-state index contributed by atoms with van der Waals surface area (Å²) in [5.41, 5.74) is 7.47. The number of piperazine rings is 1. The quantitative estimate of drug-likeness (QED) is 0.188. The normalized spacial score (nSPS) is 17.7. The Morgan fingerprint density at radius 1 is 1.13 bits per heavy atom. The molecule has 0 spiro atoms. The largest absolute Gasteiger partial charge is 0.598 e. The molecule has 2 fully saturated rings. The Morgan fingerprint density at radius 2 is 1.84 bits per heavy atom. The lowest BCUT2D eigenvalue weighted by molar-refractivity contribution is -0.385. The predicted molar refractivity (Wildman–Crippen MR) is 146 cm³/mol. The second-order valence-corrected chi connectivity index (χ2v) is 11.5. The number of benzene rings is 2. The van der Waals surface area contributed by atoms with E-state index in [1.165, 1.54) is 22.9 Å². The minimum atomic E-state index is -1.48. The topological polar surface area (TPSA) is 143 Å². The van der Waals surface area contributed by atoms with Crippen LogP contribution in [0.2, 0.25) is 0 Å². The number of ether oxygens (including phenoxy) is 1. The van der Waals surface area contributed by atoms with Crippen molar-refractivity contribution >= 4 is 28.4 Å². The third kappa shape index (κ3) is 5.62. The first-order valence-corrected chi connectivity index (χ1v) is 13.7. The van der Waals surface area contributed by atoms with Gasteiger partial charge in [0.2, 0.25) is 5.75 Å². The third-order valence-electron chi connectivity index (χ3n) is 7.03. The summed E-state index contributed by atoms with van der Waals surface area (Å²) in [6, 6.07) is 13.5. The molecule has 0 amide bonds. The van der Waals surface area contributed by atoms with Crippen LogP contribution < -0.4 is 20.9 Å². The highest BCUT2D eigenvalue weighted by Gasteiger charge is 2.39. The van der Waals surface area contributed by atoms with E-state index in [1.54, 1.807) is 10.5 Å². The van der Waals surface area contributed by atoms with Crippen molar-refractivity contribution in [3.8, 4) is 11.4 Å². The summed E-state index contributed by atoms with van der Waals surface area (Å²) in [4.78, 5) is 26.4. The van der Waals surface area contributed by atoms with Crippen molar-refractivity contribution in [3.05, 3.63) is 80.8 Å². The number of hydrogen-bond donors (Lipinski definition) is 1. The zero-order valence-corrected chi connectivity index (χ0v) is 21.9. The second-order valence-electron chi connectivity index (χ2n) is 10.0. The van der Waals surface area contributed by atoms with Crippen molar-refractivity contribution < 1.29 is 14.2 Å². The smallest absolute Gasteiger partial charge is 0.316 e. The summed E-state index contributed by atoms with van der Waals surface area (Å²) in [6.45, 7) is 4.48. The SMILES string of the molecule is CC1(COc2c(N3CCN([S+]([O-])Cc4cc(N)ccc4[N+](=O)[O-])CC3)cnn(-c3ccccc3)c2=O)CC1. The van der Waals surface area contributed by atoms with Crippen LogP contribution in [0.15, 0.2) is 59.5 Å². The predicted octanol–water partition coefficient (Wildman–Crippen LogP) is 2.89. The van der Waals surface area contributed by atoms with Crippen LogP contribution in [-0.4, -0.2) is 56.3 Å². The van der Waals surface area contributed by atoms with Gasteiger partial charge in [-0.05, 0) is 37.1 Å². The number of aromatic nitrogens is 2.